The van der Waals surface area contributed by atoms with Gasteiger partial charge < -0.3 is 9.15 Å². The lowest BCUT2D eigenvalue weighted by molar-refractivity contribution is -0.115. The van der Waals surface area contributed by atoms with Crippen molar-refractivity contribution in [2.24, 2.45) is 0 Å². The summed E-state index contributed by atoms with van der Waals surface area (Å²) in [5, 5.41) is 14.2. The van der Waals surface area contributed by atoms with Crippen molar-refractivity contribution in [3.63, 3.8) is 0 Å². The maximum atomic E-state index is 12.0. The number of thiophene rings is 1. The largest absolute Gasteiger partial charge is 0.494 e. The Labute approximate surface area is 137 Å². The number of aromatic nitrogens is 2. The van der Waals surface area contributed by atoms with Gasteiger partial charge in [-0.15, -0.1) is 5.10 Å². The standard InChI is InChI=1S/C16H15N3O3S/c1-2-21-13-5-3-11(4-6-13)9-14(20)17-16-19-18-15(22-16)12-7-8-23-10-12/h3-8,10H,2,9H2,1H3,(H,17,19,20). The molecule has 0 saturated heterocycles. The molecule has 2 heterocycles. The number of anilines is 1. The van der Waals surface area contributed by atoms with Crippen LogP contribution in [0.25, 0.3) is 11.5 Å². The van der Waals surface area contributed by atoms with E-state index in [1.54, 1.807) is 0 Å². The van der Waals surface area contributed by atoms with Crippen LogP contribution in [0.15, 0.2) is 45.5 Å². The van der Waals surface area contributed by atoms with Gasteiger partial charge in [-0.1, -0.05) is 17.2 Å². The molecule has 1 amide bonds. The third-order valence-corrected chi connectivity index (χ3v) is 3.72. The van der Waals surface area contributed by atoms with Crippen molar-refractivity contribution in [3.05, 3.63) is 46.7 Å². The fourth-order valence-corrected chi connectivity index (χ4v) is 2.63. The van der Waals surface area contributed by atoms with E-state index in [-0.39, 0.29) is 18.3 Å². The van der Waals surface area contributed by atoms with Gasteiger partial charge in [-0.05, 0) is 36.1 Å². The maximum Gasteiger partial charge on any atom is 0.322 e. The number of nitrogens with one attached hydrogen (secondary N) is 1. The molecule has 0 atom stereocenters. The Balaban J connectivity index is 1.59. The van der Waals surface area contributed by atoms with Gasteiger partial charge in [0.1, 0.15) is 5.75 Å². The highest BCUT2D eigenvalue weighted by molar-refractivity contribution is 7.08. The van der Waals surface area contributed by atoms with Crippen LogP contribution < -0.4 is 10.1 Å². The Kier molecular flexibility index (Phi) is 4.68. The van der Waals surface area contributed by atoms with Gasteiger partial charge in [0, 0.05) is 10.9 Å². The van der Waals surface area contributed by atoms with Gasteiger partial charge in [-0.25, -0.2) is 0 Å². The van der Waals surface area contributed by atoms with Crippen LogP contribution in [-0.2, 0) is 11.2 Å². The van der Waals surface area contributed by atoms with Crippen LogP contribution in [0.5, 0.6) is 5.75 Å². The SMILES string of the molecule is CCOc1ccc(CC(=O)Nc2nnc(-c3ccsc3)o2)cc1. The van der Waals surface area contributed by atoms with E-state index in [2.05, 4.69) is 15.5 Å². The third-order valence-electron chi connectivity index (χ3n) is 3.04. The van der Waals surface area contributed by atoms with E-state index in [0.29, 0.717) is 12.5 Å². The van der Waals surface area contributed by atoms with Crippen LogP contribution in [-0.4, -0.2) is 22.7 Å². The Morgan fingerprint density at radius 2 is 2.09 bits per heavy atom. The molecule has 0 fully saturated rings. The second-order valence-electron chi connectivity index (χ2n) is 4.73. The summed E-state index contributed by atoms with van der Waals surface area (Å²) >= 11 is 1.54. The second kappa shape index (κ2) is 7.06. The number of rotatable bonds is 6. The highest BCUT2D eigenvalue weighted by Gasteiger charge is 2.12. The summed E-state index contributed by atoms with van der Waals surface area (Å²) in [6.07, 6.45) is 0.225. The van der Waals surface area contributed by atoms with Crippen molar-refractivity contribution in [1.82, 2.24) is 10.2 Å². The molecular weight excluding hydrogens is 314 g/mol. The zero-order valence-electron chi connectivity index (χ0n) is 12.5. The van der Waals surface area contributed by atoms with Gasteiger partial charge in [0.15, 0.2) is 0 Å². The minimum absolute atomic E-state index is 0.0992. The van der Waals surface area contributed by atoms with Crippen LogP contribution in [0.1, 0.15) is 12.5 Å². The summed E-state index contributed by atoms with van der Waals surface area (Å²) in [5.74, 6) is 0.964. The first-order valence-corrected chi connectivity index (χ1v) is 8.06. The number of hydrogen-bond acceptors (Lipinski definition) is 6. The minimum Gasteiger partial charge on any atom is -0.494 e. The average Bonchev–Trinajstić information content (AvgIpc) is 3.20. The first-order valence-electron chi connectivity index (χ1n) is 7.12. The molecule has 0 aliphatic heterocycles. The fourth-order valence-electron chi connectivity index (χ4n) is 2.00. The van der Waals surface area contributed by atoms with Crippen molar-refractivity contribution >= 4 is 23.3 Å². The highest BCUT2D eigenvalue weighted by atomic mass is 32.1. The van der Waals surface area contributed by atoms with Crippen LogP contribution in [0.3, 0.4) is 0 Å². The minimum atomic E-state index is -0.213. The number of carbonyl (C=O) groups is 1. The van der Waals surface area contributed by atoms with E-state index >= 15 is 0 Å². The average molecular weight is 329 g/mol. The molecule has 23 heavy (non-hydrogen) atoms. The molecule has 6 nitrogen and oxygen atoms in total. The first kappa shape index (κ1) is 15.2. The summed E-state index contributed by atoms with van der Waals surface area (Å²) in [7, 11) is 0. The smallest absolute Gasteiger partial charge is 0.322 e. The van der Waals surface area contributed by atoms with Crippen molar-refractivity contribution in [1.29, 1.82) is 0 Å². The number of hydrogen-bond donors (Lipinski definition) is 1. The van der Waals surface area contributed by atoms with Gasteiger partial charge in [0.05, 0.1) is 13.0 Å². The normalized spacial score (nSPS) is 10.5. The number of amides is 1. The van der Waals surface area contributed by atoms with E-state index in [9.17, 15) is 4.79 Å². The fraction of sp³-hybridized carbons (Fsp3) is 0.188. The molecule has 7 heteroatoms. The lowest BCUT2D eigenvalue weighted by Gasteiger charge is -2.04. The predicted molar refractivity (Wildman–Crippen MR) is 87.6 cm³/mol. The van der Waals surface area contributed by atoms with Crippen LogP contribution >= 0.6 is 11.3 Å². The Morgan fingerprint density at radius 1 is 1.26 bits per heavy atom. The Hall–Kier alpha value is -2.67. The topological polar surface area (TPSA) is 77.2 Å². The monoisotopic (exact) mass is 329 g/mol. The predicted octanol–water partition coefficient (Wildman–Crippen LogP) is 3.38. The van der Waals surface area contributed by atoms with Crippen molar-refractivity contribution < 1.29 is 13.9 Å². The zero-order valence-corrected chi connectivity index (χ0v) is 13.3. The molecule has 0 aliphatic carbocycles. The molecule has 1 N–H and O–H groups in total. The molecule has 1 aromatic carbocycles. The van der Waals surface area contributed by atoms with E-state index in [1.807, 2.05) is 48.0 Å². The van der Waals surface area contributed by atoms with Crippen LogP contribution in [0, 0.1) is 0 Å². The summed E-state index contributed by atoms with van der Waals surface area (Å²) in [4.78, 5) is 12.0. The van der Waals surface area contributed by atoms with Gasteiger partial charge in [0.25, 0.3) is 5.89 Å². The van der Waals surface area contributed by atoms with E-state index < -0.39 is 0 Å². The van der Waals surface area contributed by atoms with Crippen LogP contribution in [0.2, 0.25) is 0 Å². The summed E-state index contributed by atoms with van der Waals surface area (Å²) in [6, 6.07) is 9.37. The van der Waals surface area contributed by atoms with Gasteiger partial charge in [0.2, 0.25) is 5.91 Å². The van der Waals surface area contributed by atoms with E-state index in [1.165, 1.54) is 11.3 Å². The maximum absolute atomic E-state index is 12.0. The number of carbonyl (C=O) groups excluding carboxylic acids is 1. The van der Waals surface area contributed by atoms with Gasteiger partial charge >= 0.3 is 6.01 Å². The zero-order chi connectivity index (χ0) is 16.1. The molecule has 0 unspecified atom stereocenters. The number of benzene rings is 1. The van der Waals surface area contributed by atoms with Gasteiger partial charge in [-0.2, -0.15) is 11.3 Å². The Morgan fingerprint density at radius 3 is 2.78 bits per heavy atom. The molecule has 0 bridgehead atoms. The molecule has 0 radical (unpaired) electrons. The first-order chi connectivity index (χ1) is 11.2. The van der Waals surface area contributed by atoms with E-state index in [4.69, 9.17) is 9.15 Å². The molecule has 118 valence electrons. The van der Waals surface area contributed by atoms with Crippen molar-refractivity contribution in [2.45, 2.75) is 13.3 Å². The number of ether oxygens (including phenoxy) is 1. The summed E-state index contributed by atoms with van der Waals surface area (Å²) in [6.45, 7) is 2.54. The van der Waals surface area contributed by atoms with E-state index in [0.717, 1.165) is 16.9 Å². The molecule has 0 saturated carbocycles. The lowest BCUT2D eigenvalue weighted by atomic mass is 10.1. The van der Waals surface area contributed by atoms with Crippen molar-refractivity contribution in [3.8, 4) is 17.2 Å². The highest BCUT2D eigenvalue weighted by Crippen LogP contribution is 2.22. The molecule has 3 rings (SSSR count). The lowest BCUT2D eigenvalue weighted by Crippen LogP contribution is -2.14. The van der Waals surface area contributed by atoms with Crippen molar-refractivity contribution in [2.75, 3.05) is 11.9 Å². The Bertz CT molecular complexity index is 766. The molecule has 2 aromatic heterocycles. The molecule has 3 aromatic rings. The summed E-state index contributed by atoms with van der Waals surface area (Å²) < 4.78 is 10.8. The number of nitrogens with zero attached hydrogens (tertiary/aromatic N) is 2. The van der Waals surface area contributed by atoms with Gasteiger partial charge in [-0.3, -0.25) is 10.1 Å². The quantitative estimate of drug-likeness (QED) is 0.750. The third kappa shape index (κ3) is 3.95. The second-order valence-corrected chi connectivity index (χ2v) is 5.51. The molecule has 0 aliphatic rings. The van der Waals surface area contributed by atoms with Crippen LogP contribution in [0.4, 0.5) is 6.01 Å². The molecule has 0 spiro atoms. The summed E-state index contributed by atoms with van der Waals surface area (Å²) in [5.41, 5.74) is 1.72. The molecular formula is C16H15N3O3S.